The summed E-state index contributed by atoms with van der Waals surface area (Å²) < 4.78 is 6.20. The molecule has 5 rings (SSSR count). The summed E-state index contributed by atoms with van der Waals surface area (Å²) in [5.41, 5.74) is 7.84. The van der Waals surface area contributed by atoms with Gasteiger partial charge in [-0.15, -0.1) is 0 Å². The number of nitrogens with zero attached hydrogens (tertiary/aromatic N) is 2. The lowest BCUT2D eigenvalue weighted by Crippen LogP contribution is -1.87. The Hall–Kier alpha value is -3.46. The third kappa shape index (κ3) is 2.59. The predicted octanol–water partition coefficient (Wildman–Crippen LogP) is 6.33. The maximum Gasteiger partial charge on any atom is 0.227 e. The molecule has 0 atom stereocenters. The van der Waals surface area contributed by atoms with Crippen LogP contribution in [0.3, 0.4) is 0 Å². The molecule has 0 saturated carbocycles. The van der Waals surface area contributed by atoms with Crippen molar-refractivity contribution in [3.63, 3.8) is 0 Å². The van der Waals surface area contributed by atoms with Gasteiger partial charge in [-0.25, -0.2) is 4.98 Å². The zero-order chi connectivity index (χ0) is 18.4. The summed E-state index contributed by atoms with van der Waals surface area (Å²) in [7, 11) is 0. The van der Waals surface area contributed by atoms with E-state index in [-0.39, 0.29) is 0 Å². The average molecular weight is 350 g/mol. The Morgan fingerprint density at radius 3 is 2.44 bits per heavy atom. The fourth-order valence-electron chi connectivity index (χ4n) is 3.60. The van der Waals surface area contributed by atoms with E-state index >= 15 is 0 Å². The number of hydrogen-bond acceptors (Lipinski definition) is 3. The van der Waals surface area contributed by atoms with E-state index in [4.69, 9.17) is 9.40 Å². The van der Waals surface area contributed by atoms with Crippen LogP contribution in [0.5, 0.6) is 0 Å². The standard InChI is InChI=1S/C24H18N2O/c1-15-11-12-25-22(13-15)19-10-6-9-18-21-14-20(17-7-4-3-5-8-17)16(2)26-24(21)27-23(18)19/h3-14H,1-2H3. The largest absolute Gasteiger partial charge is 0.437 e. The molecule has 0 aliphatic heterocycles. The molecule has 0 radical (unpaired) electrons. The third-order valence-corrected chi connectivity index (χ3v) is 4.96. The highest BCUT2D eigenvalue weighted by Gasteiger charge is 2.16. The van der Waals surface area contributed by atoms with Crippen LogP contribution < -0.4 is 0 Å². The summed E-state index contributed by atoms with van der Waals surface area (Å²) in [6.45, 7) is 4.10. The summed E-state index contributed by atoms with van der Waals surface area (Å²) in [4.78, 5) is 9.29. The molecule has 0 aliphatic carbocycles. The first-order chi connectivity index (χ1) is 13.2. The van der Waals surface area contributed by atoms with Crippen LogP contribution in [0.1, 0.15) is 11.3 Å². The van der Waals surface area contributed by atoms with Gasteiger partial charge in [0, 0.05) is 33.8 Å². The van der Waals surface area contributed by atoms with E-state index in [2.05, 4.69) is 54.4 Å². The first-order valence-corrected chi connectivity index (χ1v) is 9.02. The van der Waals surface area contributed by atoms with Crippen molar-refractivity contribution in [1.29, 1.82) is 0 Å². The Morgan fingerprint density at radius 1 is 0.778 bits per heavy atom. The Kier molecular flexibility index (Phi) is 3.54. The zero-order valence-corrected chi connectivity index (χ0v) is 15.2. The molecule has 3 nitrogen and oxygen atoms in total. The molecule has 3 aromatic heterocycles. The summed E-state index contributed by atoms with van der Waals surface area (Å²) >= 11 is 0. The van der Waals surface area contributed by atoms with Crippen molar-refractivity contribution in [1.82, 2.24) is 9.97 Å². The van der Waals surface area contributed by atoms with Crippen molar-refractivity contribution < 1.29 is 4.42 Å². The predicted molar refractivity (Wildman–Crippen MR) is 110 cm³/mol. The van der Waals surface area contributed by atoms with Crippen LogP contribution in [0, 0.1) is 13.8 Å². The minimum atomic E-state index is 0.669. The minimum Gasteiger partial charge on any atom is -0.437 e. The van der Waals surface area contributed by atoms with Crippen molar-refractivity contribution in [3.05, 3.63) is 84.2 Å². The molecule has 0 spiro atoms. The van der Waals surface area contributed by atoms with Gasteiger partial charge in [-0.3, -0.25) is 4.98 Å². The van der Waals surface area contributed by atoms with Gasteiger partial charge in [0.05, 0.1) is 5.69 Å². The minimum absolute atomic E-state index is 0.669. The van der Waals surface area contributed by atoms with Gasteiger partial charge in [0.2, 0.25) is 5.71 Å². The van der Waals surface area contributed by atoms with E-state index in [1.54, 1.807) is 0 Å². The molecule has 130 valence electrons. The maximum absolute atomic E-state index is 6.20. The van der Waals surface area contributed by atoms with E-state index in [0.717, 1.165) is 44.4 Å². The van der Waals surface area contributed by atoms with E-state index in [1.165, 1.54) is 5.56 Å². The van der Waals surface area contributed by atoms with Gasteiger partial charge in [0.1, 0.15) is 5.58 Å². The molecule has 0 unspecified atom stereocenters. The van der Waals surface area contributed by atoms with Crippen LogP contribution in [-0.2, 0) is 0 Å². The fourth-order valence-corrected chi connectivity index (χ4v) is 3.60. The lowest BCUT2D eigenvalue weighted by Gasteiger charge is -2.05. The van der Waals surface area contributed by atoms with Gasteiger partial charge < -0.3 is 4.42 Å². The number of fused-ring (bicyclic) bond motifs is 3. The van der Waals surface area contributed by atoms with Crippen LogP contribution in [0.4, 0.5) is 0 Å². The second-order valence-electron chi connectivity index (χ2n) is 6.84. The van der Waals surface area contributed by atoms with Crippen molar-refractivity contribution >= 4 is 22.1 Å². The lowest BCUT2D eigenvalue weighted by atomic mass is 10.0. The van der Waals surface area contributed by atoms with Crippen molar-refractivity contribution in [2.24, 2.45) is 0 Å². The number of pyridine rings is 2. The van der Waals surface area contributed by atoms with Crippen LogP contribution in [0.25, 0.3) is 44.5 Å². The van der Waals surface area contributed by atoms with Gasteiger partial charge in [0.15, 0.2) is 0 Å². The fraction of sp³-hybridized carbons (Fsp3) is 0.0833. The molecular formula is C24H18N2O. The number of aryl methyl sites for hydroxylation is 2. The molecule has 3 heterocycles. The SMILES string of the molecule is Cc1ccnc(-c2cccc3c2oc2nc(C)c(-c4ccccc4)cc23)c1. The topological polar surface area (TPSA) is 38.9 Å². The number of hydrogen-bond donors (Lipinski definition) is 0. The van der Waals surface area contributed by atoms with Crippen molar-refractivity contribution in [3.8, 4) is 22.4 Å². The number of benzene rings is 2. The molecular weight excluding hydrogens is 332 g/mol. The highest BCUT2D eigenvalue weighted by molar-refractivity contribution is 6.09. The van der Waals surface area contributed by atoms with Crippen LogP contribution in [0.2, 0.25) is 0 Å². The van der Waals surface area contributed by atoms with Crippen LogP contribution in [-0.4, -0.2) is 9.97 Å². The quantitative estimate of drug-likeness (QED) is 0.373. The molecule has 0 saturated heterocycles. The molecule has 0 aliphatic rings. The van der Waals surface area contributed by atoms with Crippen molar-refractivity contribution in [2.75, 3.05) is 0 Å². The number of furan rings is 1. The molecule has 2 aromatic carbocycles. The molecule has 3 heteroatoms. The summed E-state index contributed by atoms with van der Waals surface area (Å²) in [6.07, 6.45) is 1.84. The third-order valence-electron chi connectivity index (χ3n) is 4.96. The maximum atomic E-state index is 6.20. The van der Waals surface area contributed by atoms with E-state index in [0.29, 0.717) is 5.71 Å². The molecule has 0 fully saturated rings. The van der Waals surface area contributed by atoms with Gasteiger partial charge in [-0.1, -0.05) is 42.5 Å². The monoisotopic (exact) mass is 350 g/mol. The zero-order valence-electron chi connectivity index (χ0n) is 15.2. The molecule has 0 amide bonds. The second-order valence-corrected chi connectivity index (χ2v) is 6.84. The van der Waals surface area contributed by atoms with Gasteiger partial charge in [-0.2, -0.15) is 0 Å². The van der Waals surface area contributed by atoms with E-state index in [9.17, 15) is 0 Å². The number of rotatable bonds is 2. The van der Waals surface area contributed by atoms with Crippen LogP contribution >= 0.6 is 0 Å². The van der Waals surface area contributed by atoms with E-state index < -0.39 is 0 Å². The first-order valence-electron chi connectivity index (χ1n) is 9.02. The Bertz CT molecular complexity index is 1290. The summed E-state index contributed by atoms with van der Waals surface area (Å²) in [5.74, 6) is 0. The Labute approximate surface area is 157 Å². The highest BCUT2D eigenvalue weighted by atomic mass is 16.3. The van der Waals surface area contributed by atoms with Gasteiger partial charge >= 0.3 is 0 Å². The average Bonchev–Trinajstić information content (AvgIpc) is 3.05. The molecule has 0 bridgehead atoms. The first kappa shape index (κ1) is 15.8. The molecule has 27 heavy (non-hydrogen) atoms. The smallest absolute Gasteiger partial charge is 0.227 e. The van der Waals surface area contributed by atoms with Crippen molar-refractivity contribution in [2.45, 2.75) is 13.8 Å². The van der Waals surface area contributed by atoms with E-state index in [1.807, 2.05) is 37.4 Å². The number of para-hydroxylation sites is 1. The molecule has 0 N–H and O–H groups in total. The normalized spacial score (nSPS) is 11.3. The second kappa shape index (κ2) is 6.06. The summed E-state index contributed by atoms with van der Waals surface area (Å²) in [6, 6.07) is 22.8. The van der Waals surface area contributed by atoms with Gasteiger partial charge in [-0.05, 0) is 49.2 Å². The lowest BCUT2D eigenvalue weighted by molar-refractivity contribution is 0.653. The Morgan fingerprint density at radius 2 is 1.63 bits per heavy atom. The molecule has 5 aromatic rings. The highest BCUT2D eigenvalue weighted by Crippen LogP contribution is 2.37. The van der Waals surface area contributed by atoms with Crippen LogP contribution in [0.15, 0.2) is 77.3 Å². The number of aromatic nitrogens is 2. The van der Waals surface area contributed by atoms with Gasteiger partial charge in [0.25, 0.3) is 0 Å². The Balaban J connectivity index is 1.80. The summed E-state index contributed by atoms with van der Waals surface area (Å²) in [5, 5.41) is 2.10.